The van der Waals surface area contributed by atoms with Gasteiger partial charge in [-0.3, -0.25) is 0 Å². The summed E-state index contributed by atoms with van der Waals surface area (Å²) in [6, 6.07) is 0. The van der Waals surface area contributed by atoms with Gasteiger partial charge in [-0.1, -0.05) is 46.0 Å². The van der Waals surface area contributed by atoms with Crippen LogP contribution in [0.1, 0.15) is 52.4 Å². The number of rotatable bonds is 8. The molecule has 0 saturated carbocycles. The smallest absolute Gasteiger partial charge is 0.0770 e. The summed E-state index contributed by atoms with van der Waals surface area (Å²) < 4.78 is 0. The molecule has 0 saturated heterocycles. The molecule has 0 amide bonds. The summed E-state index contributed by atoms with van der Waals surface area (Å²) in [6.45, 7) is 4.40. The molecule has 0 heterocycles. The molecule has 0 aliphatic carbocycles. The Morgan fingerprint density at radius 2 is 1.46 bits per heavy atom. The molecular formula is C11H24O2. The van der Waals surface area contributed by atoms with Crippen LogP contribution in [0.4, 0.5) is 0 Å². The SMILES string of the molecule is CC(C)CCCCCCC(O)CO. The summed E-state index contributed by atoms with van der Waals surface area (Å²) in [4.78, 5) is 0. The van der Waals surface area contributed by atoms with Gasteiger partial charge < -0.3 is 10.2 Å². The van der Waals surface area contributed by atoms with Crippen LogP contribution in [0.5, 0.6) is 0 Å². The van der Waals surface area contributed by atoms with Crippen LogP contribution in [-0.4, -0.2) is 22.9 Å². The van der Waals surface area contributed by atoms with Crippen LogP contribution in [0.25, 0.3) is 0 Å². The van der Waals surface area contributed by atoms with E-state index < -0.39 is 6.10 Å². The second-order valence-corrected chi connectivity index (χ2v) is 4.22. The van der Waals surface area contributed by atoms with Crippen molar-refractivity contribution in [3.05, 3.63) is 0 Å². The Hall–Kier alpha value is -0.0800. The summed E-state index contributed by atoms with van der Waals surface area (Å²) in [5, 5.41) is 17.6. The molecule has 2 N–H and O–H groups in total. The Morgan fingerprint density at radius 3 is 1.92 bits per heavy atom. The van der Waals surface area contributed by atoms with E-state index in [1.54, 1.807) is 0 Å². The van der Waals surface area contributed by atoms with E-state index in [2.05, 4.69) is 13.8 Å². The molecule has 2 nitrogen and oxygen atoms in total. The van der Waals surface area contributed by atoms with Crippen LogP contribution < -0.4 is 0 Å². The number of unbranched alkanes of at least 4 members (excludes halogenated alkanes) is 3. The monoisotopic (exact) mass is 188 g/mol. The second kappa shape index (κ2) is 8.52. The summed E-state index contributed by atoms with van der Waals surface area (Å²) in [5.41, 5.74) is 0. The van der Waals surface area contributed by atoms with E-state index in [1.807, 2.05) is 0 Å². The van der Waals surface area contributed by atoms with Crippen LogP contribution in [-0.2, 0) is 0 Å². The molecule has 0 rings (SSSR count). The molecule has 0 spiro atoms. The quantitative estimate of drug-likeness (QED) is 0.574. The van der Waals surface area contributed by atoms with Gasteiger partial charge in [-0.25, -0.2) is 0 Å². The predicted octanol–water partition coefficient (Wildman–Crippen LogP) is 2.34. The zero-order valence-electron chi connectivity index (χ0n) is 9.00. The molecular weight excluding hydrogens is 164 g/mol. The van der Waals surface area contributed by atoms with Crippen molar-refractivity contribution in [1.82, 2.24) is 0 Å². The lowest BCUT2D eigenvalue weighted by molar-refractivity contribution is 0.0860. The average Bonchev–Trinajstić information content (AvgIpc) is 2.10. The lowest BCUT2D eigenvalue weighted by Crippen LogP contribution is -2.10. The number of aliphatic hydroxyl groups excluding tert-OH is 2. The molecule has 1 atom stereocenters. The van der Waals surface area contributed by atoms with Crippen LogP contribution in [0.15, 0.2) is 0 Å². The number of hydrogen-bond acceptors (Lipinski definition) is 2. The topological polar surface area (TPSA) is 40.5 Å². The standard InChI is InChI=1S/C11H24O2/c1-10(2)7-5-3-4-6-8-11(13)9-12/h10-13H,3-9H2,1-2H3. The van der Waals surface area contributed by atoms with Gasteiger partial charge in [0.1, 0.15) is 0 Å². The third-order valence-corrected chi connectivity index (χ3v) is 2.28. The van der Waals surface area contributed by atoms with E-state index in [0.717, 1.165) is 18.8 Å². The van der Waals surface area contributed by atoms with Crippen molar-refractivity contribution in [2.75, 3.05) is 6.61 Å². The van der Waals surface area contributed by atoms with Gasteiger partial charge in [-0.2, -0.15) is 0 Å². The highest BCUT2D eigenvalue weighted by atomic mass is 16.3. The van der Waals surface area contributed by atoms with Crippen molar-refractivity contribution < 1.29 is 10.2 Å². The molecule has 0 aromatic heterocycles. The minimum absolute atomic E-state index is 0.0913. The zero-order chi connectivity index (χ0) is 10.1. The Bertz CT molecular complexity index is 102. The fourth-order valence-corrected chi connectivity index (χ4v) is 1.38. The summed E-state index contributed by atoms with van der Waals surface area (Å²) in [7, 11) is 0. The maximum absolute atomic E-state index is 9.05. The van der Waals surface area contributed by atoms with Crippen LogP contribution in [0, 0.1) is 5.92 Å². The Balaban J connectivity index is 2.99. The van der Waals surface area contributed by atoms with Crippen molar-refractivity contribution in [1.29, 1.82) is 0 Å². The lowest BCUT2D eigenvalue weighted by Gasteiger charge is -2.07. The van der Waals surface area contributed by atoms with Crippen LogP contribution in [0.2, 0.25) is 0 Å². The van der Waals surface area contributed by atoms with Gasteiger partial charge in [-0.05, 0) is 12.3 Å². The third kappa shape index (κ3) is 9.84. The summed E-state index contributed by atoms with van der Waals surface area (Å²) in [5.74, 6) is 0.808. The van der Waals surface area contributed by atoms with Crippen LogP contribution >= 0.6 is 0 Å². The normalized spacial score (nSPS) is 13.6. The van der Waals surface area contributed by atoms with Gasteiger partial charge in [0.15, 0.2) is 0 Å². The molecule has 0 aliphatic heterocycles. The molecule has 0 bridgehead atoms. The average molecular weight is 188 g/mol. The molecule has 1 unspecified atom stereocenters. The molecule has 0 aromatic carbocycles. The van der Waals surface area contributed by atoms with Crippen molar-refractivity contribution in [3.63, 3.8) is 0 Å². The largest absolute Gasteiger partial charge is 0.394 e. The molecule has 0 aliphatic rings. The highest BCUT2D eigenvalue weighted by Gasteiger charge is 2.00. The van der Waals surface area contributed by atoms with Gasteiger partial charge in [0.05, 0.1) is 12.7 Å². The molecule has 2 heteroatoms. The van der Waals surface area contributed by atoms with Gasteiger partial charge >= 0.3 is 0 Å². The fraction of sp³-hybridized carbons (Fsp3) is 1.00. The zero-order valence-corrected chi connectivity index (χ0v) is 9.00. The van der Waals surface area contributed by atoms with Gasteiger partial charge in [-0.15, -0.1) is 0 Å². The van der Waals surface area contributed by atoms with Crippen molar-refractivity contribution in [2.24, 2.45) is 5.92 Å². The lowest BCUT2D eigenvalue weighted by atomic mass is 10.0. The highest BCUT2D eigenvalue weighted by Crippen LogP contribution is 2.11. The van der Waals surface area contributed by atoms with Gasteiger partial charge in [0.2, 0.25) is 0 Å². The number of aliphatic hydroxyl groups is 2. The summed E-state index contributed by atoms with van der Waals surface area (Å²) >= 11 is 0. The predicted molar refractivity (Wildman–Crippen MR) is 55.6 cm³/mol. The van der Waals surface area contributed by atoms with E-state index in [4.69, 9.17) is 10.2 Å². The minimum atomic E-state index is -0.495. The first-order chi connectivity index (χ1) is 6.16. The Labute approximate surface area is 82.0 Å². The second-order valence-electron chi connectivity index (χ2n) is 4.22. The molecule has 0 aromatic rings. The fourth-order valence-electron chi connectivity index (χ4n) is 1.38. The maximum Gasteiger partial charge on any atom is 0.0770 e. The molecule has 13 heavy (non-hydrogen) atoms. The van der Waals surface area contributed by atoms with Gasteiger partial charge in [0, 0.05) is 0 Å². The maximum atomic E-state index is 9.05. The first kappa shape index (κ1) is 12.9. The van der Waals surface area contributed by atoms with Crippen LogP contribution in [0.3, 0.4) is 0 Å². The Morgan fingerprint density at radius 1 is 0.923 bits per heavy atom. The number of hydrogen-bond donors (Lipinski definition) is 2. The van der Waals surface area contributed by atoms with E-state index in [0.29, 0.717) is 0 Å². The third-order valence-electron chi connectivity index (χ3n) is 2.28. The van der Waals surface area contributed by atoms with Crippen molar-refractivity contribution in [2.45, 2.75) is 58.5 Å². The first-order valence-corrected chi connectivity index (χ1v) is 5.45. The molecule has 0 fully saturated rings. The van der Waals surface area contributed by atoms with E-state index in [1.165, 1.54) is 25.7 Å². The highest BCUT2D eigenvalue weighted by molar-refractivity contribution is 4.54. The first-order valence-electron chi connectivity index (χ1n) is 5.45. The molecule has 0 radical (unpaired) electrons. The van der Waals surface area contributed by atoms with E-state index in [-0.39, 0.29) is 6.61 Å². The van der Waals surface area contributed by atoms with E-state index in [9.17, 15) is 0 Å². The Kier molecular flexibility index (Phi) is 8.46. The summed E-state index contributed by atoms with van der Waals surface area (Å²) in [6.07, 6.45) is 6.35. The van der Waals surface area contributed by atoms with Gasteiger partial charge in [0.25, 0.3) is 0 Å². The van der Waals surface area contributed by atoms with Crippen molar-refractivity contribution >= 4 is 0 Å². The van der Waals surface area contributed by atoms with E-state index >= 15 is 0 Å². The molecule has 80 valence electrons. The van der Waals surface area contributed by atoms with Crippen molar-refractivity contribution in [3.8, 4) is 0 Å². The minimum Gasteiger partial charge on any atom is -0.394 e.